The summed E-state index contributed by atoms with van der Waals surface area (Å²) in [7, 11) is 1.59. The van der Waals surface area contributed by atoms with Gasteiger partial charge in [-0.25, -0.2) is 0 Å². The van der Waals surface area contributed by atoms with Gasteiger partial charge in [-0.1, -0.05) is 0 Å². The van der Waals surface area contributed by atoms with E-state index in [0.717, 1.165) is 4.35 Å². The average molecular weight is 255 g/mol. The van der Waals surface area contributed by atoms with Crippen LogP contribution in [-0.4, -0.2) is 38.6 Å². The second kappa shape index (κ2) is 4.82. The molecule has 74 valence electrons. The molecule has 1 atom stereocenters. The Bertz CT molecular complexity index is 348. The Hall–Kier alpha value is -1.28. The van der Waals surface area contributed by atoms with E-state index in [0.29, 0.717) is 0 Å². The minimum atomic E-state index is -0.948. The first-order valence-corrected chi connectivity index (χ1v) is 6.05. The van der Waals surface area contributed by atoms with Crippen LogP contribution >= 0.6 is 0 Å². The van der Waals surface area contributed by atoms with Crippen LogP contribution in [0.4, 0.5) is 4.79 Å². The second-order valence-corrected chi connectivity index (χ2v) is 5.28. The molecule has 14 heavy (non-hydrogen) atoms. The molecule has 0 aliphatic rings. The van der Waals surface area contributed by atoms with E-state index >= 15 is 0 Å². The molecule has 1 unspecified atom stereocenters. The van der Waals surface area contributed by atoms with E-state index in [4.69, 9.17) is 5.11 Å². The van der Waals surface area contributed by atoms with E-state index in [1.165, 1.54) is 12.1 Å². The van der Waals surface area contributed by atoms with Gasteiger partial charge in [0.15, 0.2) is 0 Å². The summed E-state index contributed by atoms with van der Waals surface area (Å²) in [5.74, 6) is -0.948. The number of hydrogen-bond donors (Lipinski definition) is 2. The fourth-order valence-corrected chi connectivity index (χ4v) is 2.40. The number of carbonyl (C=O) groups is 2. The van der Waals surface area contributed by atoms with E-state index in [-0.39, 0.29) is 10.3 Å². The number of nitrogens with one attached hydrogen (secondary N) is 1. The number of amides is 1. The van der Waals surface area contributed by atoms with Crippen molar-refractivity contribution < 1.29 is 14.7 Å². The van der Waals surface area contributed by atoms with Crippen LogP contribution in [0.2, 0.25) is 0 Å². The third-order valence-corrected chi connectivity index (χ3v) is 3.92. The quantitative estimate of drug-likeness (QED) is 0.734. The van der Waals surface area contributed by atoms with Crippen LogP contribution in [0, 0.1) is 0 Å². The van der Waals surface area contributed by atoms with Crippen LogP contribution in [0.1, 0.15) is 10.4 Å². The Morgan fingerprint density at radius 2 is 1.86 bits per heavy atom. The standard InChI is InChI=1S/C9H10AsNO3/c1-11-9(14)10-7-4-2-6(3-5-7)8(12)13/h2-5,10H,1H3,(H,11,14)(H,12,13). The van der Waals surface area contributed by atoms with Crippen molar-refractivity contribution in [2.75, 3.05) is 7.05 Å². The summed E-state index contributed by atoms with van der Waals surface area (Å²) >= 11 is -0.846. The first kappa shape index (κ1) is 10.8. The van der Waals surface area contributed by atoms with E-state index < -0.39 is 21.7 Å². The van der Waals surface area contributed by atoms with Gasteiger partial charge in [-0.15, -0.1) is 0 Å². The Morgan fingerprint density at radius 3 is 2.29 bits per heavy atom. The van der Waals surface area contributed by atoms with Gasteiger partial charge in [0, 0.05) is 0 Å². The summed E-state index contributed by atoms with van der Waals surface area (Å²) in [6.07, 6.45) is 0. The molecule has 0 aliphatic carbocycles. The van der Waals surface area contributed by atoms with Crippen molar-refractivity contribution in [1.29, 1.82) is 0 Å². The van der Waals surface area contributed by atoms with Gasteiger partial charge in [0.05, 0.1) is 0 Å². The van der Waals surface area contributed by atoms with Gasteiger partial charge >= 0.3 is 87.7 Å². The topological polar surface area (TPSA) is 66.4 Å². The zero-order valence-corrected chi connectivity index (χ0v) is 9.67. The Labute approximate surface area is 88.0 Å². The molecule has 0 bridgehead atoms. The summed E-state index contributed by atoms with van der Waals surface area (Å²) < 4.78 is 0.961. The SMILES string of the molecule is CNC(=O)[AsH]c1ccc(C(=O)O)cc1. The number of hydrogen-bond acceptors (Lipinski definition) is 2. The predicted molar refractivity (Wildman–Crippen MR) is 54.6 cm³/mol. The van der Waals surface area contributed by atoms with Gasteiger partial charge in [0.1, 0.15) is 0 Å². The molecule has 4 nitrogen and oxygen atoms in total. The molecule has 0 saturated carbocycles. The summed E-state index contributed by atoms with van der Waals surface area (Å²) in [5, 5.41) is 11.2. The van der Waals surface area contributed by atoms with Gasteiger partial charge in [0.25, 0.3) is 0 Å². The zero-order chi connectivity index (χ0) is 10.6. The van der Waals surface area contributed by atoms with Crippen molar-refractivity contribution in [3.05, 3.63) is 29.8 Å². The molecule has 0 spiro atoms. The number of rotatable bonds is 3. The van der Waals surface area contributed by atoms with Crippen molar-refractivity contribution in [1.82, 2.24) is 5.32 Å². The summed E-state index contributed by atoms with van der Waals surface area (Å²) in [6.45, 7) is 0. The van der Waals surface area contributed by atoms with Crippen molar-refractivity contribution in [2.45, 2.75) is 0 Å². The molecule has 1 amide bonds. The fourth-order valence-electron chi connectivity index (χ4n) is 0.890. The summed E-state index contributed by atoms with van der Waals surface area (Å²) in [5.41, 5.74) is 0.247. The van der Waals surface area contributed by atoms with Crippen molar-refractivity contribution >= 4 is 30.8 Å². The maximum atomic E-state index is 11.0. The summed E-state index contributed by atoms with van der Waals surface area (Å²) in [4.78, 5) is 21.5. The number of aromatic carboxylic acids is 1. The Kier molecular flexibility index (Phi) is 3.71. The van der Waals surface area contributed by atoms with Gasteiger partial charge in [-0.2, -0.15) is 0 Å². The van der Waals surface area contributed by atoms with Crippen molar-refractivity contribution in [3.63, 3.8) is 0 Å². The van der Waals surface area contributed by atoms with Crippen molar-refractivity contribution in [3.8, 4) is 0 Å². The number of carbonyl (C=O) groups excluding carboxylic acids is 1. The fraction of sp³-hybridized carbons (Fsp3) is 0.111. The van der Waals surface area contributed by atoms with Gasteiger partial charge in [-0.05, 0) is 0 Å². The van der Waals surface area contributed by atoms with Crippen LogP contribution in [-0.2, 0) is 0 Å². The molecule has 2 N–H and O–H groups in total. The van der Waals surface area contributed by atoms with E-state index in [9.17, 15) is 9.59 Å². The van der Waals surface area contributed by atoms with E-state index in [1.807, 2.05) is 0 Å². The zero-order valence-electron chi connectivity index (χ0n) is 7.57. The monoisotopic (exact) mass is 255 g/mol. The minimum absolute atomic E-state index is 0.0353. The predicted octanol–water partition coefficient (Wildman–Crippen LogP) is -0.214. The second-order valence-electron chi connectivity index (χ2n) is 2.59. The maximum absolute atomic E-state index is 11.0. The molecule has 0 saturated heterocycles. The number of benzene rings is 1. The van der Waals surface area contributed by atoms with Gasteiger partial charge in [0.2, 0.25) is 0 Å². The third-order valence-electron chi connectivity index (χ3n) is 1.62. The molecule has 1 rings (SSSR count). The van der Waals surface area contributed by atoms with Crippen LogP contribution in [0.15, 0.2) is 24.3 Å². The number of carboxylic acid groups (broad SMARTS) is 1. The first-order valence-electron chi connectivity index (χ1n) is 3.95. The molecule has 0 aromatic heterocycles. The first-order chi connectivity index (χ1) is 6.63. The normalized spacial score (nSPS) is 10.4. The molecule has 0 radical (unpaired) electrons. The van der Waals surface area contributed by atoms with E-state index in [1.54, 1.807) is 19.2 Å². The van der Waals surface area contributed by atoms with Crippen LogP contribution < -0.4 is 9.67 Å². The number of carboxylic acids is 1. The van der Waals surface area contributed by atoms with Gasteiger partial charge < -0.3 is 0 Å². The molecule has 0 heterocycles. The van der Waals surface area contributed by atoms with Crippen LogP contribution in [0.3, 0.4) is 0 Å². The molecular weight excluding hydrogens is 245 g/mol. The van der Waals surface area contributed by atoms with Gasteiger partial charge in [-0.3, -0.25) is 0 Å². The molecule has 1 aromatic carbocycles. The van der Waals surface area contributed by atoms with Crippen LogP contribution in [0.25, 0.3) is 0 Å². The van der Waals surface area contributed by atoms with Crippen LogP contribution in [0.5, 0.6) is 0 Å². The van der Waals surface area contributed by atoms with E-state index in [2.05, 4.69) is 5.32 Å². The molecule has 0 fully saturated rings. The average Bonchev–Trinajstić information content (AvgIpc) is 2.18. The molecular formula is C9H10AsNO3. The van der Waals surface area contributed by atoms with Crippen molar-refractivity contribution in [2.24, 2.45) is 0 Å². The Morgan fingerprint density at radius 1 is 1.29 bits per heavy atom. The Balaban J connectivity index is 2.73. The third kappa shape index (κ3) is 2.89. The molecule has 0 aliphatic heterocycles. The molecule has 5 heteroatoms. The summed E-state index contributed by atoms with van der Waals surface area (Å²) in [6, 6.07) is 6.42. The molecule has 1 aromatic rings.